The highest BCUT2D eigenvalue weighted by atomic mass is 35.5. The second-order valence-corrected chi connectivity index (χ2v) is 4.85. The van der Waals surface area contributed by atoms with Crippen molar-refractivity contribution in [1.29, 1.82) is 0 Å². The number of amides is 1. The van der Waals surface area contributed by atoms with Gasteiger partial charge in [0.2, 0.25) is 0 Å². The Morgan fingerprint density at radius 2 is 1.90 bits per heavy atom. The van der Waals surface area contributed by atoms with Crippen LogP contribution in [-0.4, -0.2) is 23.2 Å². The first-order valence-electron chi connectivity index (χ1n) is 5.80. The summed E-state index contributed by atoms with van der Waals surface area (Å²) >= 11 is 12.2. The van der Waals surface area contributed by atoms with Crippen LogP contribution in [0, 0.1) is 6.92 Å². The molecular weight excluding hydrogens is 299 g/mol. The highest BCUT2D eigenvalue weighted by Gasteiger charge is 2.14. The Kier molecular flexibility index (Phi) is 4.42. The summed E-state index contributed by atoms with van der Waals surface area (Å²) in [5, 5.41) is 13.9. The smallest absolute Gasteiger partial charge is 0.276 e. The number of hydrogen-bond donors (Lipinski definition) is 2. The summed E-state index contributed by atoms with van der Waals surface area (Å²) in [5.41, 5.74) is 1.37. The van der Waals surface area contributed by atoms with Crippen molar-refractivity contribution in [2.24, 2.45) is 0 Å². The number of nitrogens with zero attached hydrogens (tertiary/aromatic N) is 2. The first-order chi connectivity index (χ1) is 9.52. The third kappa shape index (κ3) is 3.00. The topological polar surface area (TPSA) is 66.9 Å². The molecule has 104 valence electrons. The van der Waals surface area contributed by atoms with Gasteiger partial charge in [0.05, 0.1) is 15.7 Å². The third-order valence-corrected chi connectivity index (χ3v) is 3.48. The van der Waals surface area contributed by atoms with Crippen LogP contribution in [0.3, 0.4) is 0 Å². The van der Waals surface area contributed by atoms with Crippen molar-refractivity contribution in [3.8, 4) is 0 Å². The maximum absolute atomic E-state index is 12.1. The fourth-order valence-corrected chi connectivity index (χ4v) is 2.00. The number of rotatable bonds is 3. The molecule has 0 saturated carbocycles. The molecule has 0 aliphatic rings. The monoisotopic (exact) mass is 310 g/mol. The average Bonchev–Trinajstić information content (AvgIpc) is 2.47. The Balaban J connectivity index is 2.25. The van der Waals surface area contributed by atoms with Crippen molar-refractivity contribution < 1.29 is 4.79 Å². The fourth-order valence-electron chi connectivity index (χ4n) is 1.54. The Hall–Kier alpha value is -1.85. The standard InChI is InChI=1S/C13H12Cl2N4O/c1-7-3-4-8(14)12(11(7)15)17-13(20)9-5-6-10(16-2)19-18-9/h3-6H,1-2H3,(H,16,19)(H,17,20). The van der Waals surface area contributed by atoms with Gasteiger partial charge < -0.3 is 10.6 Å². The van der Waals surface area contributed by atoms with Gasteiger partial charge in [0.25, 0.3) is 5.91 Å². The Morgan fingerprint density at radius 3 is 2.50 bits per heavy atom. The molecule has 0 bridgehead atoms. The van der Waals surface area contributed by atoms with Gasteiger partial charge in [-0.1, -0.05) is 29.3 Å². The van der Waals surface area contributed by atoms with Gasteiger partial charge >= 0.3 is 0 Å². The minimum absolute atomic E-state index is 0.178. The molecule has 1 heterocycles. The maximum atomic E-state index is 12.1. The van der Waals surface area contributed by atoms with Crippen molar-refractivity contribution in [3.05, 3.63) is 45.6 Å². The van der Waals surface area contributed by atoms with E-state index in [4.69, 9.17) is 23.2 Å². The molecule has 1 amide bonds. The van der Waals surface area contributed by atoms with Crippen molar-refractivity contribution in [1.82, 2.24) is 10.2 Å². The molecule has 2 aromatic rings. The number of carbonyl (C=O) groups excluding carboxylic acids is 1. The molecule has 0 saturated heterocycles. The van der Waals surface area contributed by atoms with Gasteiger partial charge in [0.15, 0.2) is 5.69 Å². The number of hydrogen-bond acceptors (Lipinski definition) is 4. The van der Waals surface area contributed by atoms with Crippen LogP contribution < -0.4 is 10.6 Å². The molecule has 0 atom stereocenters. The van der Waals surface area contributed by atoms with Gasteiger partial charge in [-0.05, 0) is 30.7 Å². The number of aromatic nitrogens is 2. The normalized spacial score (nSPS) is 10.2. The van der Waals surface area contributed by atoms with Crippen molar-refractivity contribution in [3.63, 3.8) is 0 Å². The quantitative estimate of drug-likeness (QED) is 0.912. The minimum Gasteiger partial charge on any atom is -0.372 e. The SMILES string of the molecule is CNc1ccc(C(=O)Nc2c(Cl)ccc(C)c2Cl)nn1. The van der Waals surface area contributed by atoms with E-state index in [-0.39, 0.29) is 5.69 Å². The van der Waals surface area contributed by atoms with Crippen LogP contribution >= 0.6 is 23.2 Å². The van der Waals surface area contributed by atoms with Crippen molar-refractivity contribution >= 4 is 40.6 Å². The minimum atomic E-state index is -0.422. The fraction of sp³-hybridized carbons (Fsp3) is 0.154. The first kappa shape index (κ1) is 14.6. The predicted octanol–water partition coefficient (Wildman–Crippen LogP) is 3.39. The van der Waals surface area contributed by atoms with Crippen LogP contribution in [0.25, 0.3) is 0 Å². The number of aryl methyl sites for hydroxylation is 1. The zero-order chi connectivity index (χ0) is 14.7. The second-order valence-electron chi connectivity index (χ2n) is 4.06. The van der Waals surface area contributed by atoms with Gasteiger partial charge in [0, 0.05) is 7.05 Å². The molecule has 2 rings (SSSR count). The molecule has 0 aliphatic carbocycles. The van der Waals surface area contributed by atoms with E-state index in [2.05, 4.69) is 20.8 Å². The van der Waals surface area contributed by atoms with Crippen LogP contribution in [0.15, 0.2) is 24.3 Å². The lowest BCUT2D eigenvalue weighted by molar-refractivity contribution is 0.102. The third-order valence-electron chi connectivity index (χ3n) is 2.68. The molecule has 2 N–H and O–H groups in total. The van der Waals surface area contributed by atoms with Gasteiger partial charge in [-0.2, -0.15) is 0 Å². The highest BCUT2D eigenvalue weighted by Crippen LogP contribution is 2.33. The number of nitrogens with one attached hydrogen (secondary N) is 2. The zero-order valence-corrected chi connectivity index (χ0v) is 12.4. The number of anilines is 2. The molecule has 1 aromatic heterocycles. The van der Waals surface area contributed by atoms with Crippen molar-refractivity contribution in [2.75, 3.05) is 17.7 Å². The maximum Gasteiger partial charge on any atom is 0.276 e. The number of carbonyl (C=O) groups is 1. The molecule has 20 heavy (non-hydrogen) atoms. The summed E-state index contributed by atoms with van der Waals surface area (Å²) < 4.78 is 0. The van der Waals surface area contributed by atoms with E-state index in [1.165, 1.54) is 0 Å². The molecule has 0 spiro atoms. The Labute approximate surface area is 126 Å². The first-order valence-corrected chi connectivity index (χ1v) is 6.56. The van der Waals surface area contributed by atoms with Crippen LogP contribution in [0.1, 0.15) is 16.1 Å². The lowest BCUT2D eigenvalue weighted by Gasteiger charge is -2.10. The van der Waals surface area contributed by atoms with Gasteiger partial charge in [-0.3, -0.25) is 4.79 Å². The van der Waals surface area contributed by atoms with Gasteiger partial charge in [0.1, 0.15) is 5.82 Å². The highest BCUT2D eigenvalue weighted by molar-refractivity contribution is 6.40. The summed E-state index contributed by atoms with van der Waals surface area (Å²) in [6.07, 6.45) is 0. The number of halogens is 2. The predicted molar refractivity (Wildman–Crippen MR) is 80.7 cm³/mol. The zero-order valence-electron chi connectivity index (χ0n) is 10.9. The summed E-state index contributed by atoms with van der Waals surface area (Å²) in [7, 11) is 1.72. The largest absolute Gasteiger partial charge is 0.372 e. The van der Waals surface area contributed by atoms with E-state index in [9.17, 15) is 4.79 Å². The number of benzene rings is 1. The second kappa shape index (κ2) is 6.07. The molecule has 0 fully saturated rings. The summed E-state index contributed by atoms with van der Waals surface area (Å²) in [4.78, 5) is 12.1. The van der Waals surface area contributed by atoms with E-state index in [1.54, 1.807) is 31.3 Å². The van der Waals surface area contributed by atoms with Crippen LogP contribution in [0.5, 0.6) is 0 Å². The van der Waals surface area contributed by atoms with E-state index in [0.29, 0.717) is 21.6 Å². The van der Waals surface area contributed by atoms with Crippen molar-refractivity contribution in [2.45, 2.75) is 6.92 Å². The molecule has 0 radical (unpaired) electrons. The lowest BCUT2D eigenvalue weighted by atomic mass is 10.2. The summed E-state index contributed by atoms with van der Waals surface area (Å²) in [5.74, 6) is 0.155. The van der Waals surface area contributed by atoms with Crippen LogP contribution in [0.2, 0.25) is 10.0 Å². The van der Waals surface area contributed by atoms with E-state index >= 15 is 0 Å². The molecule has 0 unspecified atom stereocenters. The average molecular weight is 311 g/mol. The summed E-state index contributed by atoms with van der Waals surface area (Å²) in [6, 6.07) is 6.67. The van der Waals surface area contributed by atoms with E-state index in [0.717, 1.165) is 5.56 Å². The molecule has 0 aliphatic heterocycles. The summed E-state index contributed by atoms with van der Waals surface area (Å²) in [6.45, 7) is 1.83. The molecule has 5 nitrogen and oxygen atoms in total. The lowest BCUT2D eigenvalue weighted by Crippen LogP contribution is -2.15. The van der Waals surface area contributed by atoms with Gasteiger partial charge in [-0.15, -0.1) is 10.2 Å². The van der Waals surface area contributed by atoms with E-state index < -0.39 is 5.91 Å². The molecular formula is C13H12Cl2N4O. The van der Waals surface area contributed by atoms with Gasteiger partial charge in [-0.25, -0.2) is 0 Å². The Bertz CT molecular complexity index is 644. The van der Waals surface area contributed by atoms with Crippen LogP contribution in [0.4, 0.5) is 11.5 Å². The van der Waals surface area contributed by atoms with E-state index in [1.807, 2.05) is 6.92 Å². The molecule has 7 heteroatoms. The van der Waals surface area contributed by atoms with Crippen LogP contribution in [-0.2, 0) is 0 Å². The Morgan fingerprint density at radius 1 is 1.15 bits per heavy atom. The molecule has 1 aromatic carbocycles.